The van der Waals surface area contributed by atoms with E-state index < -0.39 is 0 Å². The van der Waals surface area contributed by atoms with Crippen LogP contribution in [0.5, 0.6) is 0 Å². The van der Waals surface area contributed by atoms with Crippen molar-refractivity contribution in [3.05, 3.63) is 30.1 Å². The average molecular weight is 329 g/mol. The lowest BCUT2D eigenvalue weighted by atomic mass is 9.86. The van der Waals surface area contributed by atoms with Gasteiger partial charge in [-0.3, -0.25) is 9.78 Å². The molecule has 1 aromatic heterocycles. The average Bonchev–Trinajstić information content (AvgIpc) is 2.63. The first-order valence-electron chi connectivity index (χ1n) is 9.71. The largest absolute Gasteiger partial charge is 0.353 e. The van der Waals surface area contributed by atoms with E-state index in [1.165, 1.54) is 37.7 Å². The number of amides is 1. The third-order valence-corrected chi connectivity index (χ3v) is 5.61. The monoisotopic (exact) mass is 329 g/mol. The Balaban J connectivity index is 1.32. The Morgan fingerprint density at radius 2 is 1.79 bits per heavy atom. The minimum atomic E-state index is 0.286. The molecule has 4 heteroatoms. The van der Waals surface area contributed by atoms with E-state index in [1.54, 1.807) is 0 Å². The Labute approximate surface area is 145 Å². The minimum Gasteiger partial charge on any atom is -0.353 e. The first-order valence-corrected chi connectivity index (χ1v) is 9.71. The molecule has 2 N–H and O–H groups in total. The Hall–Kier alpha value is -1.42. The molecule has 0 atom stereocenters. The van der Waals surface area contributed by atoms with E-state index in [0.717, 1.165) is 38.6 Å². The summed E-state index contributed by atoms with van der Waals surface area (Å²) in [7, 11) is 0. The van der Waals surface area contributed by atoms with Crippen molar-refractivity contribution in [2.45, 2.75) is 82.8 Å². The van der Waals surface area contributed by atoms with Crippen LogP contribution in [-0.2, 0) is 11.3 Å². The summed E-state index contributed by atoms with van der Waals surface area (Å²) in [6.07, 6.45) is 15.4. The summed E-state index contributed by atoms with van der Waals surface area (Å²) in [6, 6.07) is 5.04. The second-order valence-electron chi connectivity index (χ2n) is 7.57. The maximum atomic E-state index is 12.2. The van der Waals surface area contributed by atoms with E-state index in [0.29, 0.717) is 18.0 Å². The lowest BCUT2D eigenvalue weighted by Gasteiger charge is -2.30. The van der Waals surface area contributed by atoms with Gasteiger partial charge in [0.15, 0.2) is 0 Å². The van der Waals surface area contributed by atoms with Gasteiger partial charge in [0.2, 0.25) is 5.91 Å². The number of carbonyl (C=O) groups is 1. The quantitative estimate of drug-likeness (QED) is 0.839. The molecule has 2 saturated carbocycles. The zero-order valence-electron chi connectivity index (χ0n) is 14.7. The molecule has 1 aromatic rings. The maximum absolute atomic E-state index is 12.2. The third kappa shape index (κ3) is 5.59. The fourth-order valence-corrected chi connectivity index (χ4v) is 4.15. The summed E-state index contributed by atoms with van der Waals surface area (Å²) in [5.41, 5.74) is 1.24. The molecular weight excluding hydrogens is 298 g/mol. The van der Waals surface area contributed by atoms with Crippen LogP contribution in [-0.4, -0.2) is 23.0 Å². The lowest BCUT2D eigenvalue weighted by molar-refractivity contribution is -0.123. The number of carbonyl (C=O) groups excluding carboxylic acids is 1. The molecular formula is C20H31N3O. The Bertz CT molecular complexity index is 491. The van der Waals surface area contributed by atoms with Crippen molar-refractivity contribution in [1.29, 1.82) is 0 Å². The Kier molecular flexibility index (Phi) is 6.65. The molecule has 0 unspecified atom stereocenters. The van der Waals surface area contributed by atoms with Gasteiger partial charge in [-0.1, -0.05) is 25.3 Å². The number of nitrogens with zero attached hydrogens (tertiary/aromatic N) is 1. The van der Waals surface area contributed by atoms with Gasteiger partial charge in [-0.2, -0.15) is 0 Å². The van der Waals surface area contributed by atoms with Crippen LogP contribution in [0, 0.1) is 5.92 Å². The Morgan fingerprint density at radius 1 is 1.04 bits per heavy atom. The molecule has 3 rings (SSSR count). The van der Waals surface area contributed by atoms with Crippen molar-refractivity contribution >= 4 is 5.91 Å². The van der Waals surface area contributed by atoms with Gasteiger partial charge in [0.05, 0.1) is 0 Å². The molecule has 24 heavy (non-hydrogen) atoms. The topological polar surface area (TPSA) is 54.0 Å². The van der Waals surface area contributed by atoms with Gasteiger partial charge >= 0.3 is 0 Å². The first kappa shape index (κ1) is 17.4. The summed E-state index contributed by atoms with van der Waals surface area (Å²) in [5.74, 6) is 0.921. The van der Waals surface area contributed by atoms with Crippen molar-refractivity contribution in [3.8, 4) is 0 Å². The summed E-state index contributed by atoms with van der Waals surface area (Å²) in [5, 5.41) is 6.91. The van der Waals surface area contributed by atoms with E-state index >= 15 is 0 Å². The molecule has 4 nitrogen and oxygen atoms in total. The van der Waals surface area contributed by atoms with Crippen LogP contribution in [0.1, 0.15) is 69.8 Å². The van der Waals surface area contributed by atoms with E-state index in [4.69, 9.17) is 0 Å². The molecule has 2 aliphatic carbocycles. The van der Waals surface area contributed by atoms with Crippen molar-refractivity contribution in [2.24, 2.45) is 5.92 Å². The zero-order valence-corrected chi connectivity index (χ0v) is 14.7. The van der Waals surface area contributed by atoms with Crippen molar-refractivity contribution < 1.29 is 4.79 Å². The SMILES string of the molecule is O=C(CC1CCCCC1)N[C@H]1CC[C@H](NCc2cccnc2)CC1. The summed E-state index contributed by atoms with van der Waals surface area (Å²) >= 11 is 0. The molecule has 2 fully saturated rings. The van der Waals surface area contributed by atoms with Crippen molar-refractivity contribution in [1.82, 2.24) is 15.6 Å². The predicted molar refractivity (Wildman–Crippen MR) is 96.5 cm³/mol. The highest BCUT2D eigenvalue weighted by atomic mass is 16.1. The molecule has 2 aliphatic rings. The second-order valence-corrected chi connectivity index (χ2v) is 7.57. The van der Waals surface area contributed by atoms with Crippen LogP contribution >= 0.6 is 0 Å². The zero-order chi connectivity index (χ0) is 16.6. The number of rotatable bonds is 6. The van der Waals surface area contributed by atoms with E-state index in [9.17, 15) is 4.79 Å². The minimum absolute atomic E-state index is 0.286. The van der Waals surface area contributed by atoms with Gasteiger partial charge in [-0.05, 0) is 56.1 Å². The van der Waals surface area contributed by atoms with Crippen LogP contribution in [0.3, 0.4) is 0 Å². The molecule has 0 aromatic carbocycles. The van der Waals surface area contributed by atoms with E-state index in [2.05, 4.69) is 21.7 Å². The summed E-state index contributed by atoms with van der Waals surface area (Å²) < 4.78 is 0. The molecule has 132 valence electrons. The second kappa shape index (κ2) is 9.16. The van der Waals surface area contributed by atoms with E-state index in [1.807, 2.05) is 18.5 Å². The molecule has 0 spiro atoms. The maximum Gasteiger partial charge on any atom is 0.220 e. The van der Waals surface area contributed by atoms with Gasteiger partial charge in [-0.25, -0.2) is 0 Å². The van der Waals surface area contributed by atoms with Crippen LogP contribution < -0.4 is 10.6 Å². The van der Waals surface area contributed by atoms with Gasteiger partial charge < -0.3 is 10.6 Å². The molecule has 0 aliphatic heterocycles. The molecule has 0 radical (unpaired) electrons. The summed E-state index contributed by atoms with van der Waals surface area (Å²) in [6.45, 7) is 0.886. The highest BCUT2D eigenvalue weighted by Gasteiger charge is 2.23. The fourth-order valence-electron chi connectivity index (χ4n) is 4.15. The molecule has 1 heterocycles. The molecule has 0 saturated heterocycles. The Morgan fingerprint density at radius 3 is 2.50 bits per heavy atom. The molecule has 1 amide bonds. The number of aromatic nitrogens is 1. The lowest BCUT2D eigenvalue weighted by Crippen LogP contribution is -2.42. The van der Waals surface area contributed by atoms with Gasteiger partial charge in [0.25, 0.3) is 0 Å². The summed E-state index contributed by atoms with van der Waals surface area (Å²) in [4.78, 5) is 16.4. The fraction of sp³-hybridized carbons (Fsp3) is 0.700. The van der Waals surface area contributed by atoms with E-state index in [-0.39, 0.29) is 5.91 Å². The van der Waals surface area contributed by atoms with Crippen LogP contribution in [0.25, 0.3) is 0 Å². The number of pyridine rings is 1. The van der Waals surface area contributed by atoms with Gasteiger partial charge in [-0.15, -0.1) is 0 Å². The normalized spacial score (nSPS) is 25.3. The first-order chi connectivity index (χ1) is 11.8. The van der Waals surface area contributed by atoms with Crippen LogP contribution in [0.15, 0.2) is 24.5 Å². The number of hydrogen-bond donors (Lipinski definition) is 2. The predicted octanol–water partition coefficient (Wildman–Crippen LogP) is 3.57. The highest BCUT2D eigenvalue weighted by molar-refractivity contribution is 5.76. The smallest absolute Gasteiger partial charge is 0.220 e. The number of hydrogen-bond acceptors (Lipinski definition) is 3. The molecule has 0 bridgehead atoms. The van der Waals surface area contributed by atoms with Crippen LogP contribution in [0.4, 0.5) is 0 Å². The number of nitrogens with one attached hydrogen (secondary N) is 2. The van der Waals surface area contributed by atoms with Gasteiger partial charge in [0, 0.05) is 37.4 Å². The van der Waals surface area contributed by atoms with Crippen LogP contribution in [0.2, 0.25) is 0 Å². The van der Waals surface area contributed by atoms with Crippen molar-refractivity contribution in [3.63, 3.8) is 0 Å². The van der Waals surface area contributed by atoms with Crippen molar-refractivity contribution in [2.75, 3.05) is 0 Å². The highest BCUT2D eigenvalue weighted by Crippen LogP contribution is 2.26. The standard InChI is InChI=1S/C20H31N3O/c24-20(13-16-5-2-1-3-6-16)23-19-10-8-18(9-11-19)22-15-17-7-4-12-21-14-17/h4,7,12,14,16,18-19,22H,1-3,5-6,8-11,13,15H2,(H,23,24)/t18-,19-. The van der Waals surface area contributed by atoms with Gasteiger partial charge in [0.1, 0.15) is 0 Å². The third-order valence-electron chi connectivity index (χ3n) is 5.61.